The number of furan rings is 1. The van der Waals surface area contributed by atoms with Gasteiger partial charge in [0.05, 0.1) is 11.8 Å². The molecule has 0 unspecified atom stereocenters. The van der Waals surface area contributed by atoms with E-state index in [1.54, 1.807) is 18.1 Å². The molecule has 2 aromatic heterocycles. The highest BCUT2D eigenvalue weighted by molar-refractivity contribution is 7.22. The van der Waals surface area contributed by atoms with Crippen molar-refractivity contribution in [2.24, 2.45) is 0 Å². The maximum atomic E-state index is 13.6. The summed E-state index contributed by atoms with van der Waals surface area (Å²) in [4.78, 5) is 22.4. The molecule has 4 aromatic rings. The summed E-state index contributed by atoms with van der Waals surface area (Å²) in [5, 5.41) is 1.57. The molecule has 0 fully saturated rings. The van der Waals surface area contributed by atoms with Crippen molar-refractivity contribution in [2.45, 2.75) is 20.8 Å². The van der Waals surface area contributed by atoms with Crippen LogP contribution in [0.5, 0.6) is 5.75 Å². The van der Waals surface area contributed by atoms with Gasteiger partial charge in [-0.1, -0.05) is 49.4 Å². The molecular formula is C24H28ClN3O3S. The summed E-state index contributed by atoms with van der Waals surface area (Å²) in [5.41, 5.74) is 2.60. The zero-order chi connectivity index (χ0) is 22.0. The molecule has 1 amide bonds. The summed E-state index contributed by atoms with van der Waals surface area (Å²) in [6.07, 6.45) is 0. The SMILES string of the molecule is CCN(CC)CCN(C(=O)c1cc2ccccc2o1)c1nc2c(OC)ccc(C)c2s1.Cl. The van der Waals surface area contributed by atoms with Crippen LogP contribution in [0.15, 0.2) is 46.9 Å². The quantitative estimate of drug-likeness (QED) is 0.325. The lowest BCUT2D eigenvalue weighted by molar-refractivity contribution is 0.0959. The predicted molar refractivity (Wildman–Crippen MR) is 134 cm³/mol. The Kier molecular flexibility index (Phi) is 7.77. The number of methoxy groups -OCH3 is 1. The fraction of sp³-hybridized carbons (Fsp3) is 0.333. The third-order valence-electron chi connectivity index (χ3n) is 5.56. The molecule has 4 rings (SSSR count). The Morgan fingerprint density at radius 3 is 2.56 bits per heavy atom. The Bertz CT molecular complexity index is 1180. The summed E-state index contributed by atoms with van der Waals surface area (Å²) in [7, 11) is 1.64. The molecule has 0 N–H and O–H groups in total. The van der Waals surface area contributed by atoms with Gasteiger partial charge in [0.25, 0.3) is 5.91 Å². The monoisotopic (exact) mass is 473 g/mol. The lowest BCUT2D eigenvalue weighted by atomic mass is 10.2. The molecular weight excluding hydrogens is 446 g/mol. The molecule has 170 valence electrons. The molecule has 32 heavy (non-hydrogen) atoms. The van der Waals surface area contributed by atoms with Crippen molar-refractivity contribution in [1.82, 2.24) is 9.88 Å². The molecule has 8 heteroatoms. The first kappa shape index (κ1) is 24.0. The zero-order valence-corrected chi connectivity index (χ0v) is 20.4. The highest BCUT2D eigenvalue weighted by atomic mass is 35.5. The molecule has 0 saturated heterocycles. The van der Waals surface area contributed by atoms with Gasteiger partial charge in [0, 0.05) is 18.5 Å². The zero-order valence-electron chi connectivity index (χ0n) is 18.8. The number of anilines is 1. The van der Waals surface area contributed by atoms with E-state index in [9.17, 15) is 4.79 Å². The summed E-state index contributed by atoms with van der Waals surface area (Å²) >= 11 is 1.51. The minimum Gasteiger partial charge on any atom is -0.494 e. The highest BCUT2D eigenvalue weighted by Crippen LogP contribution is 2.37. The first-order valence-electron chi connectivity index (χ1n) is 10.5. The standard InChI is InChI=1S/C24H27N3O3S.ClH/c1-5-26(6-2)13-14-27(23(28)20-15-17-9-7-8-10-18(17)30-20)24-25-21-19(29-4)12-11-16(3)22(21)31-24;/h7-12,15H,5-6,13-14H2,1-4H3;1H. The van der Waals surface area contributed by atoms with Gasteiger partial charge in [0.2, 0.25) is 0 Å². The van der Waals surface area contributed by atoms with E-state index < -0.39 is 0 Å². The molecule has 2 heterocycles. The molecule has 0 aliphatic carbocycles. The van der Waals surface area contributed by atoms with Crippen LogP contribution in [0.4, 0.5) is 5.13 Å². The van der Waals surface area contributed by atoms with E-state index in [-0.39, 0.29) is 18.3 Å². The van der Waals surface area contributed by atoms with Crippen LogP contribution in [0.2, 0.25) is 0 Å². The number of benzene rings is 2. The minimum absolute atomic E-state index is 0. The van der Waals surface area contributed by atoms with Gasteiger partial charge in [-0.3, -0.25) is 9.69 Å². The van der Waals surface area contributed by atoms with Gasteiger partial charge in [-0.15, -0.1) is 12.4 Å². The molecule has 2 aromatic carbocycles. The summed E-state index contributed by atoms with van der Waals surface area (Å²) in [6, 6.07) is 13.4. The van der Waals surface area contributed by atoms with E-state index in [0.29, 0.717) is 28.8 Å². The Balaban J connectivity index is 0.00000289. The topological polar surface area (TPSA) is 58.8 Å². The van der Waals surface area contributed by atoms with Crippen molar-refractivity contribution in [3.05, 3.63) is 53.8 Å². The smallest absolute Gasteiger partial charge is 0.295 e. The largest absolute Gasteiger partial charge is 0.494 e. The molecule has 0 aliphatic heterocycles. The number of thiazole rings is 1. The van der Waals surface area contributed by atoms with Gasteiger partial charge in [0.15, 0.2) is 10.9 Å². The van der Waals surface area contributed by atoms with Gasteiger partial charge >= 0.3 is 0 Å². The van der Waals surface area contributed by atoms with Crippen LogP contribution in [-0.2, 0) is 0 Å². The molecule has 0 aliphatic rings. The van der Waals surface area contributed by atoms with Crippen LogP contribution < -0.4 is 9.64 Å². The number of nitrogens with zero attached hydrogens (tertiary/aromatic N) is 3. The number of carbonyl (C=O) groups is 1. The average molecular weight is 474 g/mol. The Morgan fingerprint density at radius 1 is 1.12 bits per heavy atom. The molecule has 0 radical (unpaired) electrons. The van der Waals surface area contributed by atoms with Crippen LogP contribution >= 0.6 is 23.7 Å². The fourth-order valence-electron chi connectivity index (χ4n) is 3.66. The van der Waals surface area contributed by atoms with Crippen molar-refractivity contribution < 1.29 is 13.9 Å². The van der Waals surface area contributed by atoms with E-state index in [1.165, 1.54) is 11.3 Å². The number of rotatable bonds is 8. The molecule has 6 nitrogen and oxygen atoms in total. The summed E-state index contributed by atoms with van der Waals surface area (Å²) in [6.45, 7) is 9.43. The van der Waals surface area contributed by atoms with Crippen molar-refractivity contribution in [3.63, 3.8) is 0 Å². The maximum Gasteiger partial charge on any atom is 0.295 e. The number of likely N-dealkylation sites (N-methyl/N-ethyl adjacent to an activating group) is 1. The number of aryl methyl sites for hydroxylation is 1. The molecule has 0 atom stereocenters. The second-order valence-corrected chi connectivity index (χ2v) is 8.37. The Labute approximate surface area is 198 Å². The number of carbonyl (C=O) groups excluding carboxylic acids is 1. The number of aromatic nitrogens is 1. The number of para-hydroxylation sites is 1. The lowest BCUT2D eigenvalue weighted by Crippen LogP contribution is -2.38. The van der Waals surface area contributed by atoms with E-state index in [1.807, 2.05) is 43.3 Å². The van der Waals surface area contributed by atoms with Crippen molar-refractivity contribution in [2.75, 3.05) is 38.2 Å². The Hall–Kier alpha value is -2.61. The van der Waals surface area contributed by atoms with E-state index >= 15 is 0 Å². The average Bonchev–Trinajstić information content (AvgIpc) is 3.42. The normalized spacial score (nSPS) is 11.2. The molecule has 0 saturated carbocycles. The summed E-state index contributed by atoms with van der Waals surface area (Å²) < 4.78 is 12.4. The molecule has 0 bridgehead atoms. The second-order valence-electron chi connectivity index (χ2n) is 7.39. The second kappa shape index (κ2) is 10.3. The van der Waals surface area contributed by atoms with Crippen LogP contribution in [0.25, 0.3) is 21.2 Å². The number of amides is 1. The third-order valence-corrected chi connectivity index (χ3v) is 6.77. The van der Waals surface area contributed by atoms with E-state index in [4.69, 9.17) is 14.1 Å². The van der Waals surface area contributed by atoms with E-state index in [0.717, 1.165) is 40.8 Å². The maximum absolute atomic E-state index is 13.6. The van der Waals surface area contributed by atoms with Crippen molar-refractivity contribution >= 4 is 56.0 Å². The van der Waals surface area contributed by atoms with Crippen LogP contribution in [0.1, 0.15) is 30.0 Å². The van der Waals surface area contributed by atoms with Gasteiger partial charge in [-0.2, -0.15) is 0 Å². The predicted octanol–water partition coefficient (Wildman–Crippen LogP) is 5.77. The van der Waals surface area contributed by atoms with Crippen LogP contribution in [-0.4, -0.2) is 49.1 Å². The highest BCUT2D eigenvalue weighted by Gasteiger charge is 2.25. The number of hydrogen-bond donors (Lipinski definition) is 0. The first-order valence-corrected chi connectivity index (χ1v) is 11.3. The number of halogens is 1. The number of fused-ring (bicyclic) bond motifs is 2. The van der Waals surface area contributed by atoms with Gasteiger partial charge in [-0.25, -0.2) is 4.98 Å². The number of hydrogen-bond acceptors (Lipinski definition) is 6. The van der Waals surface area contributed by atoms with Crippen LogP contribution in [0, 0.1) is 6.92 Å². The van der Waals surface area contributed by atoms with Crippen molar-refractivity contribution in [3.8, 4) is 5.75 Å². The number of ether oxygens (including phenoxy) is 1. The third kappa shape index (κ3) is 4.60. The van der Waals surface area contributed by atoms with Crippen LogP contribution in [0.3, 0.4) is 0 Å². The molecule has 0 spiro atoms. The van der Waals surface area contributed by atoms with Gasteiger partial charge in [-0.05, 0) is 43.8 Å². The van der Waals surface area contributed by atoms with Crippen molar-refractivity contribution in [1.29, 1.82) is 0 Å². The van der Waals surface area contributed by atoms with Gasteiger partial charge < -0.3 is 14.1 Å². The summed E-state index contributed by atoms with van der Waals surface area (Å²) in [5.74, 6) is 0.853. The van der Waals surface area contributed by atoms with Gasteiger partial charge in [0.1, 0.15) is 16.8 Å². The minimum atomic E-state index is -0.181. The Morgan fingerprint density at radius 2 is 1.88 bits per heavy atom. The fourth-order valence-corrected chi connectivity index (χ4v) is 4.74. The van der Waals surface area contributed by atoms with E-state index in [2.05, 4.69) is 18.7 Å². The first-order chi connectivity index (χ1) is 15.0. The lowest BCUT2D eigenvalue weighted by Gasteiger charge is -2.24.